The number of halogens is 1. The van der Waals surface area contributed by atoms with Crippen LogP contribution >= 0.6 is 11.3 Å². The maximum Gasteiger partial charge on any atom is 0.270 e. The number of nitrogens with one attached hydrogen (secondary N) is 1. The third-order valence-electron chi connectivity index (χ3n) is 4.21. The van der Waals surface area contributed by atoms with Crippen LogP contribution in [0.4, 0.5) is 15.2 Å². The number of quaternary nitrogens is 1. The van der Waals surface area contributed by atoms with Crippen LogP contribution in [0.3, 0.4) is 0 Å². The molecule has 0 fully saturated rings. The van der Waals surface area contributed by atoms with Crippen LogP contribution in [0, 0.1) is 15.9 Å². The first-order valence-electron chi connectivity index (χ1n) is 8.72. The first-order chi connectivity index (χ1) is 13.3. The minimum atomic E-state index is -0.453. The van der Waals surface area contributed by atoms with E-state index in [1.165, 1.54) is 40.5 Å². The number of hydrogen-bond donors (Lipinski definition) is 1. The zero-order valence-corrected chi connectivity index (χ0v) is 16.3. The molecule has 9 heteroatoms. The van der Waals surface area contributed by atoms with Crippen LogP contribution in [0.1, 0.15) is 5.56 Å². The van der Waals surface area contributed by atoms with Gasteiger partial charge in [0, 0.05) is 12.1 Å². The van der Waals surface area contributed by atoms with Crippen molar-refractivity contribution in [2.45, 2.75) is 6.42 Å². The van der Waals surface area contributed by atoms with Gasteiger partial charge in [0.25, 0.3) is 5.69 Å². The van der Waals surface area contributed by atoms with E-state index >= 15 is 0 Å². The minimum absolute atomic E-state index is 0.00961. The van der Waals surface area contributed by atoms with E-state index in [2.05, 4.69) is 4.98 Å². The lowest BCUT2D eigenvalue weighted by molar-refractivity contribution is -0.856. The van der Waals surface area contributed by atoms with Crippen molar-refractivity contribution in [2.24, 2.45) is 0 Å². The Balaban J connectivity index is 1.90. The van der Waals surface area contributed by atoms with Crippen LogP contribution in [0.15, 0.2) is 42.5 Å². The Bertz CT molecular complexity index is 1000. The van der Waals surface area contributed by atoms with Gasteiger partial charge < -0.3 is 4.90 Å². The van der Waals surface area contributed by atoms with Crippen LogP contribution in [-0.2, 0) is 11.2 Å². The van der Waals surface area contributed by atoms with Crippen molar-refractivity contribution in [3.8, 4) is 0 Å². The van der Waals surface area contributed by atoms with E-state index < -0.39 is 4.92 Å². The molecule has 1 amide bonds. The fourth-order valence-electron chi connectivity index (χ4n) is 2.66. The molecule has 0 bridgehead atoms. The van der Waals surface area contributed by atoms with Gasteiger partial charge in [-0.25, -0.2) is 9.37 Å². The van der Waals surface area contributed by atoms with Crippen molar-refractivity contribution in [3.63, 3.8) is 0 Å². The largest absolute Gasteiger partial charge is 0.338 e. The predicted molar refractivity (Wildman–Crippen MR) is 106 cm³/mol. The van der Waals surface area contributed by atoms with Gasteiger partial charge in [-0.1, -0.05) is 23.5 Å². The summed E-state index contributed by atoms with van der Waals surface area (Å²) in [5.41, 5.74) is 1.32. The number of rotatable bonds is 7. The zero-order valence-electron chi connectivity index (χ0n) is 15.5. The third-order valence-corrected chi connectivity index (χ3v) is 5.25. The van der Waals surface area contributed by atoms with E-state index in [1.54, 1.807) is 23.1 Å². The molecule has 0 aliphatic rings. The average Bonchev–Trinajstić information content (AvgIpc) is 3.06. The summed E-state index contributed by atoms with van der Waals surface area (Å²) < 4.78 is 13.8. The smallest absolute Gasteiger partial charge is 0.270 e. The molecular weight excluding hydrogens is 383 g/mol. The SMILES string of the molecule is C[NH+](C)CCN(C(=O)Cc1ccc(F)cc1)c1nc2ccc([N+](=O)[O-])cc2s1. The summed E-state index contributed by atoms with van der Waals surface area (Å²) in [5.74, 6) is -0.501. The van der Waals surface area contributed by atoms with Gasteiger partial charge >= 0.3 is 0 Å². The van der Waals surface area contributed by atoms with Crippen molar-refractivity contribution in [1.29, 1.82) is 0 Å². The van der Waals surface area contributed by atoms with Crippen molar-refractivity contribution >= 4 is 38.3 Å². The maximum absolute atomic E-state index is 13.1. The van der Waals surface area contributed by atoms with E-state index in [1.807, 2.05) is 14.1 Å². The van der Waals surface area contributed by atoms with E-state index in [0.717, 1.165) is 0 Å². The summed E-state index contributed by atoms with van der Waals surface area (Å²) in [6, 6.07) is 10.3. The van der Waals surface area contributed by atoms with Crippen LogP contribution < -0.4 is 9.80 Å². The van der Waals surface area contributed by atoms with E-state index in [0.29, 0.717) is 34.0 Å². The van der Waals surface area contributed by atoms with Gasteiger partial charge in [-0.15, -0.1) is 0 Å². The monoisotopic (exact) mass is 403 g/mol. The Morgan fingerprint density at radius 1 is 1.25 bits per heavy atom. The number of carbonyl (C=O) groups is 1. The van der Waals surface area contributed by atoms with E-state index in [-0.39, 0.29) is 23.8 Å². The van der Waals surface area contributed by atoms with Crippen molar-refractivity contribution in [2.75, 3.05) is 32.1 Å². The molecule has 0 saturated heterocycles. The normalized spacial score (nSPS) is 11.1. The Kier molecular flexibility index (Phi) is 5.96. The van der Waals surface area contributed by atoms with Crippen molar-refractivity contribution in [3.05, 3.63) is 64.0 Å². The molecule has 146 valence electrons. The molecule has 0 spiro atoms. The number of nitro groups is 1. The van der Waals surface area contributed by atoms with E-state index in [9.17, 15) is 19.3 Å². The molecule has 0 radical (unpaired) electrons. The molecule has 0 atom stereocenters. The Morgan fingerprint density at radius 2 is 1.96 bits per heavy atom. The summed E-state index contributed by atoms with van der Waals surface area (Å²) in [5, 5.41) is 11.5. The molecule has 0 saturated carbocycles. The fraction of sp³-hybridized carbons (Fsp3) is 0.263. The highest BCUT2D eigenvalue weighted by atomic mass is 32.1. The van der Waals surface area contributed by atoms with Crippen LogP contribution in [0.2, 0.25) is 0 Å². The molecule has 0 aliphatic carbocycles. The number of aromatic nitrogens is 1. The van der Waals surface area contributed by atoms with Gasteiger partial charge in [-0.2, -0.15) is 0 Å². The number of nitro benzene ring substituents is 1. The molecule has 3 rings (SSSR count). The number of benzene rings is 2. The quantitative estimate of drug-likeness (QED) is 0.484. The van der Waals surface area contributed by atoms with E-state index in [4.69, 9.17) is 0 Å². The van der Waals surface area contributed by atoms with Crippen molar-refractivity contribution < 1.29 is 19.0 Å². The number of carbonyl (C=O) groups excluding carboxylic acids is 1. The molecule has 1 heterocycles. The first-order valence-corrected chi connectivity index (χ1v) is 9.54. The predicted octanol–water partition coefficient (Wildman–Crippen LogP) is 2.06. The number of fused-ring (bicyclic) bond motifs is 1. The molecule has 7 nitrogen and oxygen atoms in total. The second-order valence-electron chi connectivity index (χ2n) is 6.71. The third kappa shape index (κ3) is 4.68. The zero-order chi connectivity index (χ0) is 20.3. The van der Waals surface area contributed by atoms with Gasteiger partial charge in [-0.05, 0) is 23.8 Å². The number of nitrogens with zero attached hydrogens (tertiary/aromatic N) is 3. The van der Waals surface area contributed by atoms with Crippen LogP contribution in [-0.4, -0.2) is 43.0 Å². The van der Waals surface area contributed by atoms with Gasteiger partial charge in [0.1, 0.15) is 5.82 Å². The number of hydrogen-bond acceptors (Lipinski definition) is 5. The summed E-state index contributed by atoms with van der Waals surface area (Å²) in [6.07, 6.45) is 0.124. The average molecular weight is 403 g/mol. The van der Waals surface area contributed by atoms with Crippen LogP contribution in [0.5, 0.6) is 0 Å². The highest BCUT2D eigenvalue weighted by molar-refractivity contribution is 7.22. The van der Waals surface area contributed by atoms with Crippen LogP contribution in [0.25, 0.3) is 10.2 Å². The molecule has 1 aromatic heterocycles. The molecule has 28 heavy (non-hydrogen) atoms. The van der Waals surface area contributed by atoms with Gasteiger partial charge in [-0.3, -0.25) is 19.8 Å². The minimum Gasteiger partial charge on any atom is -0.338 e. The van der Waals surface area contributed by atoms with Gasteiger partial charge in [0.05, 0.1) is 48.7 Å². The highest BCUT2D eigenvalue weighted by Gasteiger charge is 2.22. The van der Waals surface area contributed by atoms with Gasteiger partial charge in [0.2, 0.25) is 5.91 Å². The lowest BCUT2D eigenvalue weighted by Gasteiger charge is -2.20. The molecule has 0 aliphatic heterocycles. The first kappa shape index (κ1) is 19.8. The highest BCUT2D eigenvalue weighted by Crippen LogP contribution is 2.31. The maximum atomic E-state index is 13.1. The number of non-ortho nitro benzene ring substituents is 1. The number of amides is 1. The molecule has 1 N–H and O–H groups in total. The summed E-state index contributed by atoms with van der Waals surface area (Å²) in [4.78, 5) is 30.8. The molecular formula is C19H20FN4O3S+. The number of likely N-dealkylation sites (N-methyl/N-ethyl adjacent to an activating group) is 1. The number of thiazole rings is 1. The lowest BCUT2D eigenvalue weighted by atomic mass is 10.1. The number of anilines is 1. The standard InChI is InChI=1S/C19H19FN4O3S/c1-22(2)9-10-23(18(25)11-13-3-5-14(20)6-4-13)19-21-16-8-7-15(24(26)27)12-17(16)28-19/h3-8,12H,9-11H2,1-2H3/p+1. The summed E-state index contributed by atoms with van der Waals surface area (Å²) in [6.45, 7) is 1.18. The molecule has 2 aromatic carbocycles. The second-order valence-corrected chi connectivity index (χ2v) is 7.72. The molecule has 0 unspecified atom stereocenters. The Labute approximate surface area is 165 Å². The topological polar surface area (TPSA) is 80.8 Å². The second kappa shape index (κ2) is 8.41. The summed E-state index contributed by atoms with van der Waals surface area (Å²) >= 11 is 1.25. The fourth-order valence-corrected chi connectivity index (χ4v) is 3.71. The van der Waals surface area contributed by atoms with Crippen molar-refractivity contribution in [1.82, 2.24) is 4.98 Å². The summed E-state index contributed by atoms with van der Waals surface area (Å²) in [7, 11) is 3.98. The Hall–Kier alpha value is -2.91. The lowest BCUT2D eigenvalue weighted by Crippen LogP contribution is -3.06. The van der Waals surface area contributed by atoms with Gasteiger partial charge in [0.15, 0.2) is 5.13 Å². The Morgan fingerprint density at radius 3 is 2.61 bits per heavy atom. The molecule has 3 aromatic rings.